The van der Waals surface area contributed by atoms with E-state index in [4.69, 9.17) is 4.74 Å². The van der Waals surface area contributed by atoms with E-state index in [-0.39, 0.29) is 13.1 Å². The van der Waals surface area contributed by atoms with Crippen molar-refractivity contribution >= 4 is 0 Å². The van der Waals surface area contributed by atoms with Crippen molar-refractivity contribution < 1.29 is 18.6 Å². The van der Waals surface area contributed by atoms with Crippen molar-refractivity contribution in [3.8, 4) is 0 Å². The van der Waals surface area contributed by atoms with Gasteiger partial charge in [-0.3, -0.25) is 0 Å². The fraction of sp³-hybridized carbons (Fsp3) is 0.667. The molecule has 5 heteroatoms. The van der Waals surface area contributed by atoms with Crippen molar-refractivity contribution in [3.05, 3.63) is 23.0 Å². The molecule has 0 saturated carbocycles. The molecule has 2 N–H and O–H groups in total. The molecule has 98 valence electrons. The lowest BCUT2D eigenvalue weighted by Gasteiger charge is -2.38. The normalized spacial score (nSPS) is 19.5. The molecular formula is C12H19F2NO2. The first-order valence-corrected chi connectivity index (χ1v) is 5.62. The van der Waals surface area contributed by atoms with Gasteiger partial charge in [0.25, 0.3) is 0 Å². The molecule has 1 fully saturated rings. The minimum absolute atomic E-state index is 0.165. The second-order valence-electron chi connectivity index (χ2n) is 4.80. The van der Waals surface area contributed by atoms with E-state index in [1.807, 2.05) is 0 Å². The lowest BCUT2D eigenvalue weighted by molar-refractivity contribution is -0.206. The average molecular weight is 247 g/mol. The minimum Gasteiger partial charge on any atom is -0.454 e. The SMILES string of the molecule is CC(C)=C(F)/C(OC1(O)CNC1)=C(/F)C(C)C. The summed E-state index contributed by atoms with van der Waals surface area (Å²) >= 11 is 0. The molecule has 0 unspecified atom stereocenters. The van der Waals surface area contributed by atoms with Gasteiger partial charge in [0.1, 0.15) is 5.83 Å². The molecule has 1 aliphatic heterocycles. The van der Waals surface area contributed by atoms with Crippen molar-refractivity contribution in [3.63, 3.8) is 0 Å². The molecule has 1 heterocycles. The molecule has 3 nitrogen and oxygen atoms in total. The van der Waals surface area contributed by atoms with Gasteiger partial charge in [0, 0.05) is 5.92 Å². The number of allylic oxidation sites excluding steroid dienone is 3. The third kappa shape index (κ3) is 3.26. The Balaban J connectivity index is 3.03. The lowest BCUT2D eigenvalue weighted by Crippen LogP contribution is -2.61. The predicted octanol–water partition coefficient (Wildman–Crippen LogP) is 2.40. The molecule has 0 aromatic heterocycles. The Hall–Kier alpha value is -0.940. The summed E-state index contributed by atoms with van der Waals surface area (Å²) in [5, 5.41) is 12.6. The highest BCUT2D eigenvalue weighted by molar-refractivity contribution is 5.27. The highest BCUT2D eigenvalue weighted by Crippen LogP contribution is 2.30. The van der Waals surface area contributed by atoms with Gasteiger partial charge in [-0.05, 0) is 19.4 Å². The van der Waals surface area contributed by atoms with Gasteiger partial charge in [-0.15, -0.1) is 0 Å². The number of β-amino-alcohol motifs (C(OH)–C–C–N with tert-alkyl or cyclic N) is 1. The van der Waals surface area contributed by atoms with E-state index in [9.17, 15) is 13.9 Å². The van der Waals surface area contributed by atoms with Crippen molar-refractivity contribution in [1.82, 2.24) is 5.32 Å². The average Bonchev–Trinajstić information content (AvgIpc) is 2.21. The Kier molecular flexibility index (Phi) is 4.27. The van der Waals surface area contributed by atoms with Crippen LogP contribution >= 0.6 is 0 Å². The molecule has 0 atom stereocenters. The van der Waals surface area contributed by atoms with Gasteiger partial charge >= 0.3 is 0 Å². The topological polar surface area (TPSA) is 41.5 Å². The van der Waals surface area contributed by atoms with E-state index in [1.165, 1.54) is 13.8 Å². The van der Waals surface area contributed by atoms with Gasteiger partial charge in [-0.25, -0.2) is 8.78 Å². The predicted molar refractivity (Wildman–Crippen MR) is 61.4 cm³/mol. The number of rotatable bonds is 4. The van der Waals surface area contributed by atoms with Gasteiger partial charge in [-0.1, -0.05) is 13.8 Å². The molecule has 0 aliphatic carbocycles. The zero-order valence-corrected chi connectivity index (χ0v) is 10.6. The molecule has 1 rings (SSSR count). The number of nitrogens with one attached hydrogen (secondary N) is 1. The van der Waals surface area contributed by atoms with Crippen LogP contribution in [-0.4, -0.2) is 24.0 Å². The van der Waals surface area contributed by atoms with Crippen LogP contribution in [-0.2, 0) is 4.74 Å². The highest BCUT2D eigenvalue weighted by Gasteiger charge is 2.39. The monoisotopic (exact) mass is 247 g/mol. The molecule has 0 radical (unpaired) electrons. The quantitative estimate of drug-likeness (QED) is 0.455. The van der Waals surface area contributed by atoms with Crippen LogP contribution in [0.4, 0.5) is 8.78 Å². The second kappa shape index (κ2) is 5.14. The van der Waals surface area contributed by atoms with E-state index in [2.05, 4.69) is 5.32 Å². The molecule has 0 bridgehead atoms. The molecule has 1 aliphatic rings. The summed E-state index contributed by atoms with van der Waals surface area (Å²) in [7, 11) is 0. The van der Waals surface area contributed by atoms with Crippen LogP contribution in [0.2, 0.25) is 0 Å². The van der Waals surface area contributed by atoms with Crippen LogP contribution in [0.5, 0.6) is 0 Å². The van der Waals surface area contributed by atoms with Gasteiger partial charge in [0.05, 0.1) is 13.1 Å². The number of aliphatic hydroxyl groups is 1. The molecule has 0 spiro atoms. The number of ether oxygens (including phenoxy) is 1. The van der Waals surface area contributed by atoms with Crippen molar-refractivity contribution in [2.75, 3.05) is 13.1 Å². The zero-order chi connectivity index (χ0) is 13.2. The molecule has 0 amide bonds. The number of halogens is 2. The minimum atomic E-state index is -1.51. The van der Waals surface area contributed by atoms with Gasteiger partial charge < -0.3 is 15.2 Å². The second-order valence-corrected chi connectivity index (χ2v) is 4.80. The maximum Gasteiger partial charge on any atom is 0.233 e. The number of hydrogen-bond donors (Lipinski definition) is 2. The van der Waals surface area contributed by atoms with Crippen LogP contribution < -0.4 is 5.32 Å². The summed E-state index contributed by atoms with van der Waals surface area (Å²) in [6, 6.07) is 0. The Morgan fingerprint density at radius 3 is 2.12 bits per heavy atom. The molecule has 17 heavy (non-hydrogen) atoms. The lowest BCUT2D eigenvalue weighted by atomic mass is 10.1. The van der Waals surface area contributed by atoms with Crippen LogP contribution in [0.3, 0.4) is 0 Å². The standard InChI is InChI=1S/C12H19F2NO2/c1-7(2)9(13)11(10(14)8(3)4)17-12(16)5-15-6-12/h7,15-16H,5-6H2,1-4H3/b11-9-. The van der Waals surface area contributed by atoms with Crippen molar-refractivity contribution in [1.29, 1.82) is 0 Å². The Morgan fingerprint density at radius 2 is 1.82 bits per heavy atom. The van der Waals surface area contributed by atoms with E-state index in [1.54, 1.807) is 13.8 Å². The van der Waals surface area contributed by atoms with E-state index >= 15 is 0 Å². The van der Waals surface area contributed by atoms with Gasteiger partial charge in [-0.2, -0.15) is 0 Å². The summed E-state index contributed by atoms with van der Waals surface area (Å²) in [4.78, 5) is 0. The van der Waals surface area contributed by atoms with Crippen LogP contribution in [0.1, 0.15) is 27.7 Å². The maximum absolute atomic E-state index is 13.8. The van der Waals surface area contributed by atoms with Gasteiger partial charge in [0.15, 0.2) is 11.6 Å². The van der Waals surface area contributed by atoms with Crippen LogP contribution in [0, 0.1) is 5.92 Å². The summed E-state index contributed by atoms with van der Waals surface area (Å²) in [6.07, 6.45) is 0. The van der Waals surface area contributed by atoms with Crippen LogP contribution in [0.25, 0.3) is 0 Å². The first-order chi connectivity index (χ1) is 7.77. The zero-order valence-electron chi connectivity index (χ0n) is 10.6. The Labute approximate surface area is 100 Å². The summed E-state index contributed by atoms with van der Waals surface area (Å²) in [6.45, 7) is 6.57. The fourth-order valence-corrected chi connectivity index (χ4v) is 1.29. The van der Waals surface area contributed by atoms with Crippen molar-refractivity contribution in [2.24, 2.45) is 5.92 Å². The summed E-state index contributed by atoms with van der Waals surface area (Å²) in [5.74, 6) is -3.93. The van der Waals surface area contributed by atoms with E-state index in [0.29, 0.717) is 5.57 Å². The Morgan fingerprint density at radius 1 is 1.29 bits per heavy atom. The van der Waals surface area contributed by atoms with Crippen LogP contribution in [0.15, 0.2) is 23.0 Å². The summed E-state index contributed by atoms with van der Waals surface area (Å²) in [5.41, 5.74) is 0.312. The molecule has 0 aromatic rings. The first kappa shape index (κ1) is 14.1. The van der Waals surface area contributed by atoms with E-state index in [0.717, 1.165) is 0 Å². The smallest absolute Gasteiger partial charge is 0.233 e. The fourth-order valence-electron chi connectivity index (χ4n) is 1.29. The third-order valence-corrected chi connectivity index (χ3v) is 2.46. The number of hydrogen-bond acceptors (Lipinski definition) is 3. The third-order valence-electron chi connectivity index (χ3n) is 2.46. The largest absolute Gasteiger partial charge is 0.454 e. The first-order valence-electron chi connectivity index (χ1n) is 5.62. The van der Waals surface area contributed by atoms with E-state index < -0.39 is 29.1 Å². The summed E-state index contributed by atoms with van der Waals surface area (Å²) < 4.78 is 32.7. The maximum atomic E-state index is 13.8. The Bertz CT molecular complexity index is 354. The molecule has 0 aromatic carbocycles. The highest BCUT2D eigenvalue weighted by atomic mass is 19.1. The molecular weight excluding hydrogens is 228 g/mol. The van der Waals surface area contributed by atoms with Crippen molar-refractivity contribution in [2.45, 2.75) is 33.5 Å². The molecule has 1 saturated heterocycles. The van der Waals surface area contributed by atoms with Gasteiger partial charge in [0.2, 0.25) is 5.79 Å².